The molecule has 0 fully saturated rings. The van der Waals surface area contributed by atoms with E-state index in [9.17, 15) is 10.1 Å². The second-order valence-electron chi connectivity index (χ2n) is 6.46. The first-order valence-electron chi connectivity index (χ1n) is 8.53. The zero-order valence-electron chi connectivity index (χ0n) is 15.7. The van der Waals surface area contributed by atoms with Crippen LogP contribution in [0.1, 0.15) is 28.1 Å². The van der Waals surface area contributed by atoms with Crippen molar-refractivity contribution in [3.63, 3.8) is 0 Å². The lowest BCUT2D eigenvalue weighted by Gasteiger charge is -2.11. The fourth-order valence-electron chi connectivity index (χ4n) is 2.91. The molecule has 0 aliphatic carbocycles. The summed E-state index contributed by atoms with van der Waals surface area (Å²) in [6.45, 7) is 8.32. The Balaban J connectivity index is 1.80. The number of benzene rings is 1. The molecule has 1 N–H and O–H groups in total. The Morgan fingerprint density at radius 2 is 1.89 bits per heavy atom. The van der Waals surface area contributed by atoms with E-state index >= 15 is 0 Å². The molecule has 0 atom stereocenters. The Labute approximate surface area is 157 Å². The Bertz CT molecular complexity index is 1020. The fourth-order valence-corrected chi connectivity index (χ4v) is 2.91. The van der Waals surface area contributed by atoms with Crippen molar-refractivity contribution < 1.29 is 4.92 Å². The van der Waals surface area contributed by atoms with E-state index in [0.717, 1.165) is 22.6 Å². The maximum atomic E-state index is 10.7. The zero-order valence-corrected chi connectivity index (χ0v) is 15.7. The molecule has 0 spiro atoms. The van der Waals surface area contributed by atoms with Crippen molar-refractivity contribution in [1.82, 2.24) is 9.55 Å². The Hall–Kier alpha value is -3.48. The van der Waals surface area contributed by atoms with E-state index in [4.69, 9.17) is 0 Å². The molecule has 138 valence electrons. The molecule has 0 saturated carbocycles. The molecule has 2 aromatic heterocycles. The second-order valence-corrected chi connectivity index (χ2v) is 6.46. The number of rotatable bonds is 5. The molecule has 7 heteroatoms. The lowest BCUT2D eigenvalue weighted by molar-refractivity contribution is -0.385. The van der Waals surface area contributed by atoms with E-state index in [-0.39, 0.29) is 5.69 Å². The van der Waals surface area contributed by atoms with Crippen LogP contribution in [-0.2, 0) is 0 Å². The summed E-state index contributed by atoms with van der Waals surface area (Å²) in [5, 5.41) is 14.9. The normalized spacial score (nSPS) is 11.1. The molecule has 3 aromatic rings. The third-order valence-electron chi connectivity index (χ3n) is 4.56. The molecule has 0 saturated heterocycles. The van der Waals surface area contributed by atoms with E-state index in [0.29, 0.717) is 5.82 Å². The maximum absolute atomic E-state index is 10.7. The van der Waals surface area contributed by atoms with E-state index in [1.807, 2.05) is 6.92 Å². The van der Waals surface area contributed by atoms with Crippen LogP contribution in [0.4, 0.5) is 11.5 Å². The number of hydrogen-bond donors (Lipinski definition) is 1. The first-order chi connectivity index (χ1) is 12.9. The van der Waals surface area contributed by atoms with Gasteiger partial charge in [0.25, 0.3) is 5.69 Å². The number of aromatic nitrogens is 2. The van der Waals surface area contributed by atoms with Crippen LogP contribution >= 0.6 is 0 Å². The van der Waals surface area contributed by atoms with Crippen molar-refractivity contribution in [3.8, 4) is 5.69 Å². The number of hydrogen-bond acceptors (Lipinski definition) is 5. The minimum absolute atomic E-state index is 0.0542. The highest BCUT2D eigenvalue weighted by Gasteiger charge is 2.10. The number of nitrogens with zero attached hydrogens (tertiary/aromatic N) is 4. The van der Waals surface area contributed by atoms with Crippen LogP contribution in [0.15, 0.2) is 47.7 Å². The summed E-state index contributed by atoms with van der Waals surface area (Å²) in [6, 6.07) is 11.4. The van der Waals surface area contributed by atoms with Crippen molar-refractivity contribution in [2.45, 2.75) is 27.7 Å². The van der Waals surface area contributed by atoms with Gasteiger partial charge in [0.05, 0.1) is 11.1 Å². The number of nitrogens with one attached hydrogen (secondary N) is 1. The van der Waals surface area contributed by atoms with Gasteiger partial charge in [-0.25, -0.2) is 4.98 Å². The first-order valence-corrected chi connectivity index (χ1v) is 8.53. The fraction of sp³-hybridized carbons (Fsp3) is 0.200. The van der Waals surface area contributed by atoms with Gasteiger partial charge in [-0.3, -0.25) is 15.5 Å². The average molecular weight is 363 g/mol. The molecule has 2 heterocycles. The topological polar surface area (TPSA) is 85.3 Å². The zero-order chi connectivity index (χ0) is 19.6. The summed E-state index contributed by atoms with van der Waals surface area (Å²) in [5.41, 5.74) is 9.57. The van der Waals surface area contributed by atoms with Gasteiger partial charge in [0.1, 0.15) is 12.0 Å². The quantitative estimate of drug-likeness (QED) is 0.412. The number of pyridine rings is 1. The molecule has 0 aliphatic heterocycles. The van der Waals surface area contributed by atoms with Crippen molar-refractivity contribution in [1.29, 1.82) is 0 Å². The van der Waals surface area contributed by atoms with Gasteiger partial charge in [0, 0.05) is 28.7 Å². The van der Waals surface area contributed by atoms with Crippen LogP contribution in [0.5, 0.6) is 0 Å². The minimum Gasteiger partial charge on any atom is -0.318 e. The van der Waals surface area contributed by atoms with Gasteiger partial charge in [0.15, 0.2) is 0 Å². The molecule has 27 heavy (non-hydrogen) atoms. The maximum Gasteiger partial charge on any atom is 0.287 e. The highest BCUT2D eigenvalue weighted by Crippen LogP contribution is 2.22. The number of nitro groups is 1. The molecule has 0 bridgehead atoms. The predicted octanol–water partition coefficient (Wildman–Crippen LogP) is 4.46. The van der Waals surface area contributed by atoms with Crippen LogP contribution in [0.2, 0.25) is 0 Å². The monoisotopic (exact) mass is 363 g/mol. The SMILES string of the molecule is Cc1ccc(-n2c(C)cc(/C=N\Nc3ccc([N+](=O)[O-])cn3)c2C)cc1C. The number of anilines is 1. The third-order valence-corrected chi connectivity index (χ3v) is 4.56. The molecule has 0 aliphatic rings. The molecular weight excluding hydrogens is 342 g/mol. The summed E-state index contributed by atoms with van der Waals surface area (Å²) in [5.74, 6) is 0.444. The van der Waals surface area contributed by atoms with Gasteiger partial charge in [-0.2, -0.15) is 5.10 Å². The van der Waals surface area contributed by atoms with Gasteiger partial charge in [-0.05, 0) is 63.1 Å². The Kier molecular flexibility index (Phi) is 5.03. The highest BCUT2D eigenvalue weighted by atomic mass is 16.6. The summed E-state index contributed by atoms with van der Waals surface area (Å²) >= 11 is 0. The Morgan fingerprint density at radius 3 is 2.52 bits per heavy atom. The standard InChI is InChI=1S/C20H21N5O2/c1-13-5-6-18(9-14(13)2)24-15(3)10-17(16(24)4)11-22-23-20-8-7-19(12-21-20)25(26)27/h5-12H,1-4H3,(H,21,23)/b22-11-. The molecule has 1 aromatic carbocycles. The van der Waals surface area contributed by atoms with Crippen molar-refractivity contribution in [2.75, 3.05) is 5.43 Å². The smallest absolute Gasteiger partial charge is 0.287 e. The molecule has 0 radical (unpaired) electrons. The molecular formula is C20H21N5O2. The third kappa shape index (κ3) is 3.87. The number of aryl methyl sites for hydroxylation is 3. The minimum atomic E-state index is -0.484. The Morgan fingerprint density at radius 1 is 1.11 bits per heavy atom. The predicted molar refractivity (Wildman–Crippen MR) is 107 cm³/mol. The molecule has 3 rings (SSSR count). The van der Waals surface area contributed by atoms with Crippen LogP contribution in [0, 0.1) is 37.8 Å². The van der Waals surface area contributed by atoms with Crippen LogP contribution in [0.25, 0.3) is 5.69 Å². The summed E-state index contributed by atoms with van der Waals surface area (Å²) in [4.78, 5) is 14.1. The van der Waals surface area contributed by atoms with E-state index in [2.05, 4.69) is 65.1 Å². The van der Waals surface area contributed by atoms with Gasteiger partial charge >= 0.3 is 0 Å². The number of hydrazone groups is 1. The second kappa shape index (κ2) is 7.41. The average Bonchev–Trinajstić information content (AvgIpc) is 2.92. The van der Waals surface area contributed by atoms with E-state index in [1.165, 1.54) is 29.5 Å². The van der Waals surface area contributed by atoms with Crippen molar-refractivity contribution >= 4 is 17.7 Å². The van der Waals surface area contributed by atoms with E-state index < -0.39 is 4.92 Å². The molecule has 0 unspecified atom stereocenters. The van der Waals surface area contributed by atoms with Crippen molar-refractivity contribution in [3.05, 3.63) is 80.8 Å². The van der Waals surface area contributed by atoms with Gasteiger partial charge in [-0.1, -0.05) is 6.07 Å². The summed E-state index contributed by atoms with van der Waals surface area (Å²) in [6.07, 6.45) is 2.92. The van der Waals surface area contributed by atoms with Crippen LogP contribution < -0.4 is 5.43 Å². The lowest BCUT2D eigenvalue weighted by atomic mass is 10.1. The van der Waals surface area contributed by atoms with Gasteiger partial charge in [-0.15, -0.1) is 0 Å². The summed E-state index contributed by atoms with van der Waals surface area (Å²) < 4.78 is 2.19. The summed E-state index contributed by atoms with van der Waals surface area (Å²) in [7, 11) is 0. The molecule has 0 amide bonds. The van der Waals surface area contributed by atoms with Crippen molar-refractivity contribution in [2.24, 2.45) is 5.10 Å². The van der Waals surface area contributed by atoms with Crippen LogP contribution in [0.3, 0.4) is 0 Å². The largest absolute Gasteiger partial charge is 0.318 e. The first kappa shape index (κ1) is 18.3. The van der Waals surface area contributed by atoms with Crippen LogP contribution in [-0.4, -0.2) is 20.7 Å². The molecule has 7 nitrogen and oxygen atoms in total. The van der Waals surface area contributed by atoms with Gasteiger partial charge in [0.2, 0.25) is 0 Å². The van der Waals surface area contributed by atoms with E-state index in [1.54, 1.807) is 6.21 Å². The highest BCUT2D eigenvalue weighted by molar-refractivity contribution is 5.82. The van der Waals surface area contributed by atoms with Gasteiger partial charge < -0.3 is 4.57 Å². The lowest BCUT2D eigenvalue weighted by Crippen LogP contribution is -2.01.